The number of ether oxygens (including phenoxy) is 2. The first-order valence-corrected chi connectivity index (χ1v) is 19.2. The van der Waals surface area contributed by atoms with E-state index < -0.39 is 71.0 Å². The summed E-state index contributed by atoms with van der Waals surface area (Å²) in [6, 6.07) is 13.9. The minimum Gasteiger partial charge on any atom is -0.462 e. The van der Waals surface area contributed by atoms with Gasteiger partial charge in [-0.2, -0.15) is 0 Å². The van der Waals surface area contributed by atoms with Gasteiger partial charge in [0.1, 0.15) is 25.0 Å². The molecule has 3 amide bonds. The number of thioether (sulfide) groups is 1. The molecule has 1 aromatic heterocycles. The van der Waals surface area contributed by atoms with Crippen molar-refractivity contribution in [1.82, 2.24) is 25.1 Å². The summed E-state index contributed by atoms with van der Waals surface area (Å²) in [4.78, 5) is 84.6. The van der Waals surface area contributed by atoms with Gasteiger partial charge in [0.05, 0.1) is 23.4 Å². The summed E-state index contributed by atoms with van der Waals surface area (Å²) in [5.41, 5.74) is 9.41. The summed E-state index contributed by atoms with van der Waals surface area (Å²) < 4.78 is 12.6. The van der Waals surface area contributed by atoms with Crippen LogP contribution in [0.2, 0.25) is 0 Å². The standard InChI is InChI=1S/C38H46N8O9S/c1-22-10-8-9-13-25(22)17-40-34(50)28-20-56-21-46(28)35(51)32(48)27(14-24-11-6-5-7-12-24)41-30(47)16-38(3,4)36(52)54-19-29-26(43-44-39)15-31(55-29)45-18-23(2)33(49)42-37(45)53/h5-13,18,26-29,31-32,48H,14-17,19-21H2,1-4H3,(H,40,50)(H,41,47)(H,42,49,53)/t26-,27+,28+,29+,31+,32+/m1/s1. The van der Waals surface area contributed by atoms with E-state index >= 15 is 0 Å². The number of hydrogen-bond acceptors (Lipinski definition) is 11. The van der Waals surface area contributed by atoms with Gasteiger partial charge in [-0.1, -0.05) is 59.7 Å². The van der Waals surface area contributed by atoms with Crippen LogP contribution in [0.4, 0.5) is 0 Å². The molecule has 18 heteroatoms. The van der Waals surface area contributed by atoms with E-state index in [9.17, 15) is 33.9 Å². The van der Waals surface area contributed by atoms with Crippen LogP contribution in [0.25, 0.3) is 10.4 Å². The summed E-state index contributed by atoms with van der Waals surface area (Å²) >= 11 is 1.38. The van der Waals surface area contributed by atoms with Gasteiger partial charge in [-0.15, -0.1) is 11.8 Å². The lowest BCUT2D eigenvalue weighted by Gasteiger charge is -2.31. The molecule has 0 spiro atoms. The van der Waals surface area contributed by atoms with Crippen LogP contribution in [0.1, 0.15) is 55.2 Å². The van der Waals surface area contributed by atoms with Crippen LogP contribution < -0.4 is 21.9 Å². The second-order valence-electron chi connectivity index (χ2n) is 14.6. The highest BCUT2D eigenvalue weighted by Crippen LogP contribution is 2.31. The van der Waals surface area contributed by atoms with Crippen LogP contribution in [0, 0.1) is 19.3 Å². The number of H-pyrrole nitrogens is 1. The van der Waals surface area contributed by atoms with Crippen LogP contribution in [0.3, 0.4) is 0 Å². The van der Waals surface area contributed by atoms with Crippen molar-refractivity contribution in [1.29, 1.82) is 0 Å². The summed E-state index contributed by atoms with van der Waals surface area (Å²) in [6.07, 6.45) is -2.47. The molecule has 3 aromatic rings. The van der Waals surface area contributed by atoms with Crippen LogP contribution in [0.5, 0.6) is 0 Å². The zero-order chi connectivity index (χ0) is 40.6. The van der Waals surface area contributed by atoms with Gasteiger partial charge >= 0.3 is 11.7 Å². The third-order valence-corrected chi connectivity index (χ3v) is 10.9. The maximum Gasteiger partial charge on any atom is 0.330 e. The fourth-order valence-electron chi connectivity index (χ4n) is 6.55. The largest absolute Gasteiger partial charge is 0.462 e. The van der Waals surface area contributed by atoms with Crippen molar-refractivity contribution >= 4 is 35.5 Å². The van der Waals surface area contributed by atoms with E-state index in [-0.39, 0.29) is 49.8 Å². The number of esters is 1. The Labute approximate surface area is 326 Å². The Morgan fingerprint density at radius 2 is 1.82 bits per heavy atom. The predicted octanol–water partition coefficient (Wildman–Crippen LogP) is 2.39. The highest BCUT2D eigenvalue weighted by atomic mass is 32.2. The number of aliphatic hydroxyl groups is 1. The van der Waals surface area contributed by atoms with E-state index in [0.29, 0.717) is 5.75 Å². The molecule has 6 atom stereocenters. The second kappa shape index (κ2) is 18.5. The van der Waals surface area contributed by atoms with E-state index in [1.165, 1.54) is 48.2 Å². The molecule has 0 unspecified atom stereocenters. The molecule has 0 aliphatic carbocycles. The summed E-state index contributed by atoms with van der Waals surface area (Å²) in [7, 11) is 0. The number of azide groups is 1. The monoisotopic (exact) mass is 790 g/mol. The van der Waals surface area contributed by atoms with Crippen LogP contribution in [-0.2, 0) is 41.6 Å². The number of amides is 3. The molecule has 2 saturated heterocycles. The third-order valence-electron chi connectivity index (χ3n) is 9.86. The van der Waals surface area contributed by atoms with Crippen molar-refractivity contribution < 1.29 is 33.8 Å². The molecule has 2 aliphatic heterocycles. The number of hydrogen-bond donors (Lipinski definition) is 4. The van der Waals surface area contributed by atoms with Crippen LogP contribution in [-0.4, -0.2) is 91.8 Å². The number of aromatic amines is 1. The molecule has 5 rings (SSSR count). The van der Waals surface area contributed by atoms with E-state index in [1.807, 2.05) is 37.3 Å². The van der Waals surface area contributed by atoms with E-state index in [1.54, 1.807) is 24.3 Å². The van der Waals surface area contributed by atoms with Gasteiger partial charge in [0.15, 0.2) is 6.10 Å². The molecule has 0 radical (unpaired) electrons. The smallest absolute Gasteiger partial charge is 0.330 e. The van der Waals surface area contributed by atoms with Gasteiger partial charge < -0.3 is 30.1 Å². The maximum atomic E-state index is 13.8. The van der Waals surface area contributed by atoms with Gasteiger partial charge in [0, 0.05) is 41.8 Å². The molecule has 2 aliphatic rings. The number of aromatic nitrogens is 2. The maximum absolute atomic E-state index is 13.8. The molecule has 2 fully saturated rings. The van der Waals surface area contributed by atoms with Crippen molar-refractivity contribution in [3.8, 4) is 0 Å². The first kappa shape index (κ1) is 41.7. The molecule has 298 valence electrons. The highest BCUT2D eigenvalue weighted by Gasteiger charge is 2.42. The molecule has 2 aromatic carbocycles. The topological polar surface area (TPSA) is 238 Å². The molecule has 56 heavy (non-hydrogen) atoms. The van der Waals surface area contributed by atoms with Crippen molar-refractivity contribution in [2.75, 3.05) is 18.2 Å². The fourth-order valence-corrected chi connectivity index (χ4v) is 7.71. The number of carbonyl (C=O) groups excluding carboxylic acids is 4. The minimum absolute atomic E-state index is 0.0717. The third kappa shape index (κ3) is 10.3. The van der Waals surface area contributed by atoms with E-state index in [0.717, 1.165) is 16.7 Å². The van der Waals surface area contributed by atoms with Crippen molar-refractivity contribution in [2.24, 2.45) is 10.5 Å². The lowest BCUT2D eigenvalue weighted by molar-refractivity contribution is -0.161. The second-order valence-corrected chi connectivity index (χ2v) is 15.6. The quantitative estimate of drug-likeness (QED) is 0.0759. The number of aliphatic hydroxyl groups excluding tert-OH is 1. The molecule has 0 saturated carbocycles. The first-order valence-electron chi connectivity index (χ1n) is 18.1. The number of benzene rings is 2. The Kier molecular flexibility index (Phi) is 13.8. The summed E-state index contributed by atoms with van der Waals surface area (Å²) in [6.45, 7) is 6.37. The Balaban J connectivity index is 1.22. The fraction of sp³-hybridized carbons (Fsp3) is 0.474. The van der Waals surface area contributed by atoms with E-state index in [2.05, 4.69) is 25.6 Å². The van der Waals surface area contributed by atoms with Gasteiger partial charge in [-0.25, -0.2) is 4.79 Å². The Morgan fingerprint density at radius 1 is 1.11 bits per heavy atom. The van der Waals surface area contributed by atoms with Crippen molar-refractivity contribution in [3.63, 3.8) is 0 Å². The lowest BCUT2D eigenvalue weighted by Crippen LogP contribution is -2.56. The molecule has 3 heterocycles. The van der Waals surface area contributed by atoms with Crippen molar-refractivity contribution in [2.45, 2.75) is 90.1 Å². The van der Waals surface area contributed by atoms with Gasteiger partial charge in [0.25, 0.3) is 11.5 Å². The number of nitrogens with one attached hydrogen (secondary N) is 3. The molecule has 17 nitrogen and oxygen atoms in total. The first-order chi connectivity index (χ1) is 26.7. The molecule has 0 bridgehead atoms. The number of rotatable bonds is 15. The Bertz CT molecular complexity index is 2080. The van der Waals surface area contributed by atoms with Gasteiger partial charge in [-0.3, -0.25) is 33.5 Å². The predicted molar refractivity (Wildman–Crippen MR) is 206 cm³/mol. The van der Waals surface area contributed by atoms with Gasteiger partial charge in [0.2, 0.25) is 11.8 Å². The zero-order valence-corrected chi connectivity index (χ0v) is 32.4. The Morgan fingerprint density at radius 3 is 2.54 bits per heavy atom. The van der Waals surface area contributed by atoms with Crippen LogP contribution >= 0.6 is 11.8 Å². The minimum atomic E-state index is -1.72. The van der Waals surface area contributed by atoms with Crippen molar-refractivity contribution in [3.05, 3.63) is 114 Å². The lowest BCUT2D eigenvalue weighted by atomic mass is 9.88. The summed E-state index contributed by atoms with van der Waals surface area (Å²) in [5, 5.41) is 20.9. The normalized spacial score (nSPS) is 20.4. The van der Waals surface area contributed by atoms with Crippen LogP contribution in [0.15, 0.2) is 75.5 Å². The Hall–Kier alpha value is -5.42. The number of nitrogens with zero attached hydrogens (tertiary/aromatic N) is 5. The van der Waals surface area contributed by atoms with Gasteiger partial charge in [-0.05, 0) is 56.3 Å². The zero-order valence-electron chi connectivity index (χ0n) is 31.5. The number of carbonyl (C=O) groups is 4. The van der Waals surface area contributed by atoms with E-state index in [4.69, 9.17) is 15.0 Å². The number of aryl methyl sites for hydroxylation is 2. The SMILES string of the molecule is Cc1ccccc1CNC(=O)[C@@H]1CSCN1C(=O)[C@@H](O)[C@H](Cc1ccccc1)NC(=O)CC(C)(C)C(=O)OC[C@@H]1O[C@H](n2cc(C)c(=O)[nH]c2=O)C[C@H]1N=[N+]=[N-]. The average molecular weight is 791 g/mol. The highest BCUT2D eigenvalue weighted by molar-refractivity contribution is 7.99. The molecular weight excluding hydrogens is 745 g/mol. The molecule has 4 N–H and O–H groups in total. The molecular formula is C38H46N8O9S. The summed E-state index contributed by atoms with van der Waals surface area (Å²) in [5.74, 6) is -1.97. The average Bonchev–Trinajstić information content (AvgIpc) is 3.82.